The van der Waals surface area contributed by atoms with Crippen LogP contribution in [0.2, 0.25) is 0 Å². The van der Waals surface area contributed by atoms with Gasteiger partial charge in [-0.2, -0.15) is 10.5 Å². The molecule has 1 aromatic rings. The predicted octanol–water partition coefficient (Wildman–Crippen LogP) is 2.10. The molecule has 3 aliphatic carbocycles. The second-order valence-electron chi connectivity index (χ2n) is 6.71. The third kappa shape index (κ3) is 1.55. The molecular formula is C14H19N5. The molecule has 5 heteroatoms. The third-order valence-electron chi connectivity index (χ3n) is 6.06. The van der Waals surface area contributed by atoms with Crippen molar-refractivity contribution in [2.45, 2.75) is 44.9 Å². The molecule has 0 aromatic carbocycles. The topological polar surface area (TPSA) is 78.2 Å². The number of tetrazole rings is 1. The fourth-order valence-corrected chi connectivity index (χ4v) is 5.22. The smallest absolute Gasteiger partial charge is 0.176 e. The van der Waals surface area contributed by atoms with Crippen LogP contribution in [0, 0.1) is 40.4 Å². The summed E-state index contributed by atoms with van der Waals surface area (Å²) in [5, 5.41) is 24.3. The minimum atomic E-state index is -0.227. The van der Waals surface area contributed by atoms with Gasteiger partial charge in [-0.15, -0.1) is 10.2 Å². The average Bonchev–Trinajstić information content (AvgIpc) is 3.00. The Hall–Kier alpha value is -1.44. The highest BCUT2D eigenvalue weighted by molar-refractivity contribution is 5.16. The van der Waals surface area contributed by atoms with Gasteiger partial charge in [-0.3, -0.25) is 0 Å². The SMILES string of the molecule is N#CC1(Cc2nn[nH]n2)C2CCCC3CC1CC3C2. The molecule has 0 amide bonds. The standard InChI is InChI=1S/C14H19N5/c15-8-14(7-13-16-18-19-17-13)11-3-1-2-9-4-12(14)6-10(9)5-11/h9-12H,1-7H2,(H,16,17,18,19). The van der Waals surface area contributed by atoms with E-state index in [1.165, 1.54) is 38.5 Å². The van der Waals surface area contributed by atoms with E-state index in [9.17, 15) is 5.26 Å². The minimum Gasteiger partial charge on any atom is -0.198 e. The first-order valence-electron chi connectivity index (χ1n) is 7.45. The number of hydrogen-bond acceptors (Lipinski definition) is 4. The van der Waals surface area contributed by atoms with Crippen LogP contribution in [-0.4, -0.2) is 20.6 Å². The van der Waals surface area contributed by atoms with Crippen molar-refractivity contribution in [1.82, 2.24) is 20.6 Å². The van der Waals surface area contributed by atoms with Gasteiger partial charge in [0.2, 0.25) is 0 Å². The molecule has 0 radical (unpaired) electrons. The quantitative estimate of drug-likeness (QED) is 0.880. The summed E-state index contributed by atoms with van der Waals surface area (Å²) in [6.45, 7) is 0. The summed E-state index contributed by atoms with van der Waals surface area (Å²) < 4.78 is 0. The molecule has 0 aliphatic heterocycles. The maximum atomic E-state index is 9.94. The molecule has 1 N–H and O–H groups in total. The lowest BCUT2D eigenvalue weighted by Crippen LogP contribution is -2.41. The molecular weight excluding hydrogens is 238 g/mol. The van der Waals surface area contributed by atoms with E-state index in [1.807, 2.05) is 0 Å². The van der Waals surface area contributed by atoms with Gasteiger partial charge in [-0.1, -0.05) is 18.1 Å². The zero-order valence-electron chi connectivity index (χ0n) is 11.0. The van der Waals surface area contributed by atoms with Crippen LogP contribution in [0.4, 0.5) is 0 Å². The summed E-state index contributed by atoms with van der Waals surface area (Å²) in [4.78, 5) is 0. The maximum absolute atomic E-state index is 9.94. The predicted molar refractivity (Wildman–Crippen MR) is 67.6 cm³/mol. The van der Waals surface area contributed by atoms with Crippen LogP contribution >= 0.6 is 0 Å². The van der Waals surface area contributed by atoms with Crippen molar-refractivity contribution < 1.29 is 0 Å². The monoisotopic (exact) mass is 257 g/mol. The lowest BCUT2D eigenvalue weighted by atomic mass is 9.58. The van der Waals surface area contributed by atoms with Gasteiger partial charge in [-0.05, 0) is 49.4 Å². The van der Waals surface area contributed by atoms with Crippen molar-refractivity contribution in [3.8, 4) is 6.07 Å². The molecule has 3 fully saturated rings. The summed E-state index contributed by atoms with van der Waals surface area (Å²) in [7, 11) is 0. The molecule has 1 heterocycles. The molecule has 19 heavy (non-hydrogen) atoms. The molecule has 5 unspecified atom stereocenters. The Morgan fingerprint density at radius 1 is 1.21 bits per heavy atom. The zero-order valence-corrected chi connectivity index (χ0v) is 11.0. The number of rotatable bonds is 2. The number of nitrogens with one attached hydrogen (secondary N) is 1. The Morgan fingerprint density at radius 3 is 2.84 bits per heavy atom. The van der Waals surface area contributed by atoms with Crippen LogP contribution in [0.1, 0.15) is 44.3 Å². The third-order valence-corrected chi connectivity index (χ3v) is 6.06. The van der Waals surface area contributed by atoms with Crippen molar-refractivity contribution >= 4 is 0 Å². The van der Waals surface area contributed by atoms with Gasteiger partial charge in [0.05, 0.1) is 11.5 Å². The summed E-state index contributed by atoms with van der Waals surface area (Å²) in [5.74, 6) is 3.60. The first-order chi connectivity index (χ1) is 9.32. The Bertz CT molecular complexity index is 504. The van der Waals surface area contributed by atoms with Gasteiger partial charge >= 0.3 is 0 Å². The normalized spacial score (nSPS) is 43.9. The average molecular weight is 257 g/mol. The van der Waals surface area contributed by atoms with Gasteiger partial charge < -0.3 is 0 Å². The largest absolute Gasteiger partial charge is 0.198 e. The van der Waals surface area contributed by atoms with Crippen LogP contribution in [-0.2, 0) is 6.42 Å². The number of fused-ring (bicyclic) bond motifs is 2. The van der Waals surface area contributed by atoms with Gasteiger partial charge in [0, 0.05) is 6.42 Å². The molecule has 3 saturated carbocycles. The molecule has 0 spiro atoms. The summed E-state index contributed by atoms with van der Waals surface area (Å²) in [5.41, 5.74) is -0.227. The van der Waals surface area contributed by atoms with Gasteiger partial charge in [0.15, 0.2) is 5.82 Å². The van der Waals surface area contributed by atoms with E-state index in [1.54, 1.807) is 0 Å². The van der Waals surface area contributed by atoms with E-state index in [4.69, 9.17) is 0 Å². The van der Waals surface area contributed by atoms with Crippen molar-refractivity contribution in [3.63, 3.8) is 0 Å². The van der Waals surface area contributed by atoms with Crippen molar-refractivity contribution in [2.24, 2.45) is 29.1 Å². The molecule has 100 valence electrons. The summed E-state index contributed by atoms with van der Waals surface area (Å²) in [6, 6.07) is 2.72. The second-order valence-corrected chi connectivity index (χ2v) is 6.71. The van der Waals surface area contributed by atoms with Crippen LogP contribution in [0.15, 0.2) is 0 Å². The van der Waals surface area contributed by atoms with Crippen LogP contribution in [0.3, 0.4) is 0 Å². The van der Waals surface area contributed by atoms with Gasteiger partial charge in [0.25, 0.3) is 0 Å². The van der Waals surface area contributed by atoms with Crippen molar-refractivity contribution in [2.75, 3.05) is 0 Å². The van der Waals surface area contributed by atoms with Crippen LogP contribution in [0.5, 0.6) is 0 Å². The minimum absolute atomic E-state index is 0.227. The van der Waals surface area contributed by atoms with Crippen LogP contribution in [0.25, 0.3) is 0 Å². The summed E-state index contributed by atoms with van der Waals surface area (Å²) in [6.07, 6.45) is 8.37. The lowest BCUT2D eigenvalue weighted by molar-refractivity contribution is 0.0771. The molecule has 5 nitrogen and oxygen atoms in total. The summed E-state index contributed by atoms with van der Waals surface area (Å²) >= 11 is 0. The van der Waals surface area contributed by atoms with Crippen molar-refractivity contribution in [3.05, 3.63) is 5.82 Å². The van der Waals surface area contributed by atoms with E-state index in [2.05, 4.69) is 26.7 Å². The lowest BCUT2D eigenvalue weighted by Gasteiger charge is -2.43. The maximum Gasteiger partial charge on any atom is 0.176 e. The second kappa shape index (κ2) is 4.03. The van der Waals surface area contributed by atoms with E-state index in [0.717, 1.165) is 11.8 Å². The Labute approximate surface area is 112 Å². The van der Waals surface area contributed by atoms with E-state index < -0.39 is 0 Å². The number of H-pyrrole nitrogens is 1. The molecule has 0 saturated heterocycles. The number of nitriles is 1. The molecule has 3 aliphatic rings. The zero-order chi connectivity index (χ0) is 12.9. The number of hydrogen-bond donors (Lipinski definition) is 1. The van der Waals surface area contributed by atoms with E-state index >= 15 is 0 Å². The highest BCUT2D eigenvalue weighted by Crippen LogP contribution is 2.62. The Kier molecular flexibility index (Phi) is 2.41. The molecule has 4 rings (SSSR count). The fraction of sp³-hybridized carbons (Fsp3) is 0.857. The number of aromatic amines is 1. The first kappa shape index (κ1) is 11.4. The molecule has 1 aromatic heterocycles. The fourth-order valence-electron chi connectivity index (χ4n) is 5.22. The van der Waals surface area contributed by atoms with E-state index in [0.29, 0.717) is 24.1 Å². The highest BCUT2D eigenvalue weighted by atomic mass is 15.5. The van der Waals surface area contributed by atoms with E-state index in [-0.39, 0.29) is 5.41 Å². The van der Waals surface area contributed by atoms with Crippen molar-refractivity contribution in [1.29, 1.82) is 5.26 Å². The Morgan fingerprint density at radius 2 is 2.05 bits per heavy atom. The molecule has 5 atom stereocenters. The molecule has 3 bridgehead atoms. The number of nitrogens with zero attached hydrogens (tertiary/aromatic N) is 4. The van der Waals surface area contributed by atoms with Gasteiger partial charge in [-0.25, -0.2) is 0 Å². The highest BCUT2D eigenvalue weighted by Gasteiger charge is 2.57. The Balaban J connectivity index is 1.72. The van der Waals surface area contributed by atoms with Gasteiger partial charge in [0.1, 0.15) is 0 Å². The van der Waals surface area contributed by atoms with Crippen LogP contribution < -0.4 is 0 Å². The first-order valence-corrected chi connectivity index (χ1v) is 7.45. The number of aromatic nitrogens is 4.